The Morgan fingerprint density at radius 2 is 2.37 bits per heavy atom. The molecule has 0 aromatic heterocycles. The molecule has 2 saturated heterocycles. The number of hydrogen-bond acceptors (Lipinski definition) is 5. The second kappa shape index (κ2) is 7.13. The van der Waals surface area contributed by atoms with Crippen LogP contribution in [0.1, 0.15) is 13.3 Å². The molecule has 2 atom stereocenters. The molecule has 1 amide bonds. The van der Waals surface area contributed by atoms with Gasteiger partial charge in [-0.3, -0.25) is 4.79 Å². The lowest BCUT2D eigenvalue weighted by molar-refractivity contribution is -0.149. The highest BCUT2D eigenvalue weighted by molar-refractivity contribution is 8.00. The topological polar surface area (TPSA) is 56.6 Å². The number of rotatable bonds is 4. The minimum Gasteiger partial charge on any atom is -0.373 e. The first-order valence-electron chi connectivity index (χ1n) is 6.84. The number of ether oxygens (including phenoxy) is 1. The van der Waals surface area contributed by atoms with Crippen molar-refractivity contribution in [2.75, 3.05) is 44.3 Å². The third-order valence-electron chi connectivity index (χ3n) is 3.83. The number of piperidine rings is 1. The van der Waals surface area contributed by atoms with Crippen LogP contribution in [0.25, 0.3) is 0 Å². The van der Waals surface area contributed by atoms with Crippen molar-refractivity contribution in [1.29, 1.82) is 5.26 Å². The third-order valence-corrected chi connectivity index (χ3v) is 4.62. The summed E-state index contributed by atoms with van der Waals surface area (Å²) in [6.07, 6.45) is 1.15. The highest BCUT2D eigenvalue weighted by Crippen LogP contribution is 2.23. The molecule has 6 heteroatoms. The maximum absolute atomic E-state index is 12.2. The van der Waals surface area contributed by atoms with Crippen molar-refractivity contribution in [3.05, 3.63) is 0 Å². The molecule has 0 bridgehead atoms. The molecule has 2 heterocycles. The summed E-state index contributed by atoms with van der Waals surface area (Å²) in [5, 5.41) is 8.51. The van der Waals surface area contributed by atoms with Crippen molar-refractivity contribution < 1.29 is 9.53 Å². The molecule has 0 spiro atoms. The van der Waals surface area contributed by atoms with Crippen LogP contribution in [0.5, 0.6) is 0 Å². The number of fused-ring (bicyclic) bond motifs is 1. The van der Waals surface area contributed by atoms with Crippen molar-refractivity contribution in [3.63, 3.8) is 0 Å². The van der Waals surface area contributed by atoms with E-state index in [1.165, 1.54) is 11.8 Å². The van der Waals surface area contributed by atoms with E-state index in [1.807, 2.05) is 4.90 Å². The fourth-order valence-electron chi connectivity index (χ4n) is 2.82. The lowest BCUT2D eigenvalue weighted by Gasteiger charge is -2.46. The number of carbonyl (C=O) groups excluding carboxylic acids is 1. The highest BCUT2D eigenvalue weighted by Gasteiger charge is 2.38. The van der Waals surface area contributed by atoms with Crippen molar-refractivity contribution >= 4 is 17.7 Å². The van der Waals surface area contributed by atoms with E-state index in [9.17, 15) is 4.79 Å². The Morgan fingerprint density at radius 3 is 3.11 bits per heavy atom. The monoisotopic (exact) mass is 283 g/mol. The number of carbonyl (C=O) groups is 1. The summed E-state index contributed by atoms with van der Waals surface area (Å²) in [5.74, 6) is 0.950. The van der Waals surface area contributed by atoms with Gasteiger partial charge in [0.05, 0.1) is 36.3 Å². The van der Waals surface area contributed by atoms with Gasteiger partial charge in [-0.25, -0.2) is 0 Å². The number of amides is 1. The van der Waals surface area contributed by atoms with Gasteiger partial charge in [0.1, 0.15) is 0 Å². The van der Waals surface area contributed by atoms with Gasteiger partial charge in [0.2, 0.25) is 5.91 Å². The van der Waals surface area contributed by atoms with Gasteiger partial charge >= 0.3 is 0 Å². The number of likely N-dealkylation sites (tertiary alicyclic amines) is 1. The van der Waals surface area contributed by atoms with E-state index in [-0.39, 0.29) is 18.1 Å². The van der Waals surface area contributed by atoms with Gasteiger partial charge in [0, 0.05) is 19.6 Å². The van der Waals surface area contributed by atoms with Crippen LogP contribution in [-0.4, -0.2) is 72.1 Å². The quantitative estimate of drug-likeness (QED) is 0.706. The lowest BCUT2D eigenvalue weighted by atomic mass is 9.98. The summed E-state index contributed by atoms with van der Waals surface area (Å²) in [7, 11) is 0. The predicted octanol–water partition coefficient (Wildman–Crippen LogP) is 0.565. The number of morpholine rings is 1. The average Bonchev–Trinajstić information content (AvgIpc) is 2.46. The third kappa shape index (κ3) is 3.62. The van der Waals surface area contributed by atoms with Crippen LogP contribution in [0.3, 0.4) is 0 Å². The van der Waals surface area contributed by atoms with Crippen molar-refractivity contribution in [1.82, 2.24) is 9.80 Å². The van der Waals surface area contributed by atoms with Gasteiger partial charge < -0.3 is 14.5 Å². The molecular formula is C13H21N3O2S. The van der Waals surface area contributed by atoms with Crippen molar-refractivity contribution in [3.8, 4) is 6.07 Å². The molecule has 2 aliphatic rings. The smallest absolute Gasteiger partial charge is 0.233 e. The number of nitriles is 1. The van der Waals surface area contributed by atoms with Gasteiger partial charge in [-0.05, 0) is 13.0 Å². The molecule has 0 unspecified atom stereocenters. The van der Waals surface area contributed by atoms with Crippen molar-refractivity contribution in [2.45, 2.75) is 25.5 Å². The van der Waals surface area contributed by atoms with Crippen LogP contribution >= 0.6 is 11.8 Å². The predicted molar refractivity (Wildman–Crippen MR) is 74.9 cm³/mol. The molecule has 0 aromatic rings. The van der Waals surface area contributed by atoms with Crippen LogP contribution < -0.4 is 0 Å². The first-order chi connectivity index (χ1) is 9.26. The molecule has 0 radical (unpaired) electrons. The molecule has 0 N–H and O–H groups in total. The lowest BCUT2D eigenvalue weighted by Crippen LogP contribution is -2.60. The summed E-state index contributed by atoms with van der Waals surface area (Å²) >= 11 is 1.40. The molecule has 0 aliphatic carbocycles. The molecule has 5 nitrogen and oxygen atoms in total. The maximum Gasteiger partial charge on any atom is 0.233 e. The van der Waals surface area contributed by atoms with E-state index < -0.39 is 0 Å². The van der Waals surface area contributed by atoms with Gasteiger partial charge in [-0.2, -0.15) is 5.26 Å². The molecule has 2 fully saturated rings. The van der Waals surface area contributed by atoms with Crippen LogP contribution in [0.4, 0.5) is 0 Å². The van der Waals surface area contributed by atoms with E-state index in [0.29, 0.717) is 24.7 Å². The normalized spacial score (nSPS) is 27.7. The Kier molecular flexibility index (Phi) is 5.49. The van der Waals surface area contributed by atoms with Gasteiger partial charge in [0.15, 0.2) is 0 Å². The van der Waals surface area contributed by atoms with Gasteiger partial charge in [0.25, 0.3) is 0 Å². The summed E-state index contributed by atoms with van der Waals surface area (Å²) in [6, 6.07) is 2.29. The molecule has 0 aromatic carbocycles. The van der Waals surface area contributed by atoms with E-state index in [2.05, 4.69) is 17.9 Å². The summed E-state index contributed by atoms with van der Waals surface area (Å²) < 4.78 is 5.83. The van der Waals surface area contributed by atoms with Gasteiger partial charge in [-0.1, -0.05) is 6.92 Å². The highest BCUT2D eigenvalue weighted by atomic mass is 32.2. The Morgan fingerprint density at radius 1 is 1.53 bits per heavy atom. The largest absolute Gasteiger partial charge is 0.373 e. The number of likely N-dealkylation sites (N-methyl/N-ethyl adjacent to an activating group) is 1. The van der Waals surface area contributed by atoms with Crippen LogP contribution in [0, 0.1) is 11.3 Å². The minimum atomic E-state index is 0.156. The van der Waals surface area contributed by atoms with E-state index >= 15 is 0 Å². The molecule has 0 saturated carbocycles. The van der Waals surface area contributed by atoms with E-state index in [4.69, 9.17) is 10.00 Å². The first-order valence-corrected chi connectivity index (χ1v) is 7.99. The van der Waals surface area contributed by atoms with E-state index in [1.54, 1.807) is 0 Å². The average molecular weight is 283 g/mol. The summed E-state index contributed by atoms with van der Waals surface area (Å²) in [6.45, 7) is 6.49. The summed E-state index contributed by atoms with van der Waals surface area (Å²) in [5.41, 5.74) is 0. The number of hydrogen-bond donors (Lipinski definition) is 0. The maximum atomic E-state index is 12.2. The van der Waals surface area contributed by atoms with Crippen LogP contribution in [0.15, 0.2) is 0 Å². The standard InChI is InChI=1S/C13H21N3O2S/c1-2-15-5-3-11-12(9-15)18-7-6-16(11)13(17)10-19-8-4-14/h11-12H,2-3,5-10H2,1H3/t11-,12-/m0/s1. The zero-order valence-corrected chi connectivity index (χ0v) is 12.2. The molecule has 106 valence electrons. The molecule has 2 rings (SSSR count). The molecular weight excluding hydrogens is 262 g/mol. The Bertz CT molecular complexity index is 358. The Hall–Kier alpha value is -0.770. The SMILES string of the molecule is CCN1CC[C@H]2[C@H](C1)OCCN2C(=O)CSCC#N. The Labute approximate surface area is 118 Å². The second-order valence-corrected chi connectivity index (χ2v) is 5.88. The molecule has 2 aliphatic heterocycles. The van der Waals surface area contributed by atoms with Crippen molar-refractivity contribution in [2.24, 2.45) is 0 Å². The number of thioether (sulfide) groups is 1. The zero-order valence-electron chi connectivity index (χ0n) is 11.4. The second-order valence-electron chi connectivity index (χ2n) is 4.90. The van der Waals surface area contributed by atoms with E-state index in [0.717, 1.165) is 26.1 Å². The zero-order chi connectivity index (χ0) is 13.7. The first kappa shape index (κ1) is 14.6. The van der Waals surface area contributed by atoms with Gasteiger partial charge in [-0.15, -0.1) is 11.8 Å². The number of nitrogens with zero attached hydrogens (tertiary/aromatic N) is 3. The van der Waals surface area contributed by atoms with Crippen LogP contribution in [-0.2, 0) is 9.53 Å². The Balaban J connectivity index is 1.91. The fraction of sp³-hybridized carbons (Fsp3) is 0.846. The summed E-state index contributed by atoms with van der Waals surface area (Å²) in [4.78, 5) is 16.6. The fourth-order valence-corrected chi connectivity index (χ4v) is 3.35. The minimum absolute atomic E-state index is 0.156. The van der Waals surface area contributed by atoms with Crippen LogP contribution in [0.2, 0.25) is 0 Å². The molecule has 19 heavy (non-hydrogen) atoms.